The van der Waals surface area contributed by atoms with Crippen molar-refractivity contribution in [2.24, 2.45) is 0 Å². The summed E-state index contributed by atoms with van der Waals surface area (Å²) >= 11 is 0. The van der Waals surface area contributed by atoms with Crippen LogP contribution in [-0.2, 0) is 5.41 Å². The Morgan fingerprint density at radius 1 is 0.923 bits per heavy atom. The largest absolute Gasteiger partial charge is 0.334 e. The molecule has 0 atom stereocenters. The van der Waals surface area contributed by atoms with Crippen LogP contribution in [0.5, 0.6) is 0 Å². The van der Waals surface area contributed by atoms with Crippen LogP contribution in [0, 0.1) is 5.82 Å². The van der Waals surface area contributed by atoms with Crippen molar-refractivity contribution in [3.63, 3.8) is 0 Å². The summed E-state index contributed by atoms with van der Waals surface area (Å²) in [5.41, 5.74) is 1.99. The summed E-state index contributed by atoms with van der Waals surface area (Å²) in [4.78, 5) is 4.48. The summed E-state index contributed by atoms with van der Waals surface area (Å²) in [7, 11) is 0. The summed E-state index contributed by atoms with van der Waals surface area (Å²) in [6.45, 7) is 0. The molecule has 0 N–H and O–H groups in total. The molecule has 1 heterocycles. The highest BCUT2D eigenvalue weighted by atomic mass is 19.1. The fourth-order valence-corrected chi connectivity index (χ4v) is 3.75. The predicted molar refractivity (Wildman–Crippen MR) is 99.9 cm³/mol. The molecule has 1 aliphatic rings. The molecule has 0 unspecified atom stereocenters. The number of allylic oxidation sites excluding steroid dienone is 1. The van der Waals surface area contributed by atoms with Crippen molar-refractivity contribution in [1.29, 1.82) is 0 Å². The Morgan fingerprint density at radius 3 is 2.38 bits per heavy atom. The lowest BCUT2D eigenvalue weighted by Crippen LogP contribution is -2.26. The zero-order valence-corrected chi connectivity index (χ0v) is 14.6. The van der Waals surface area contributed by atoms with E-state index in [1.165, 1.54) is 19.3 Å². The highest BCUT2D eigenvalue weighted by Crippen LogP contribution is 2.41. The van der Waals surface area contributed by atoms with Crippen molar-refractivity contribution < 1.29 is 8.91 Å². The minimum absolute atomic E-state index is 0.0900. The maximum atomic E-state index is 13.3. The minimum atomic E-state index is -0.201. The van der Waals surface area contributed by atoms with Gasteiger partial charge in [0.05, 0.1) is 0 Å². The lowest BCUT2D eigenvalue weighted by atomic mass is 9.69. The number of hydrogen-bond acceptors (Lipinski definition) is 3. The van der Waals surface area contributed by atoms with Gasteiger partial charge in [-0.15, -0.1) is 0 Å². The number of aromatic nitrogens is 2. The van der Waals surface area contributed by atoms with E-state index in [9.17, 15) is 4.39 Å². The van der Waals surface area contributed by atoms with Crippen LogP contribution >= 0.6 is 0 Å². The van der Waals surface area contributed by atoms with Gasteiger partial charge < -0.3 is 4.52 Å². The summed E-state index contributed by atoms with van der Waals surface area (Å²) < 4.78 is 18.7. The Hall–Kier alpha value is -2.75. The fraction of sp³-hybridized carbons (Fsp3) is 0.273. The van der Waals surface area contributed by atoms with Crippen molar-refractivity contribution in [2.45, 2.75) is 37.5 Å². The van der Waals surface area contributed by atoms with E-state index in [0.29, 0.717) is 11.7 Å². The lowest BCUT2D eigenvalue weighted by Gasteiger charge is -2.35. The molecule has 0 spiro atoms. The van der Waals surface area contributed by atoms with E-state index in [1.807, 2.05) is 48.5 Å². The van der Waals surface area contributed by atoms with Gasteiger partial charge in [0.15, 0.2) is 0 Å². The molecular formula is C22H21FN2O. The molecule has 0 saturated heterocycles. The molecule has 0 aliphatic heterocycles. The van der Waals surface area contributed by atoms with Crippen molar-refractivity contribution in [1.82, 2.24) is 10.1 Å². The highest BCUT2D eigenvalue weighted by Gasteiger charge is 2.31. The number of rotatable bonds is 4. The molecule has 132 valence electrons. The maximum Gasteiger partial charge on any atom is 0.250 e. The second kappa shape index (κ2) is 7.24. The van der Waals surface area contributed by atoms with E-state index in [2.05, 4.69) is 16.2 Å². The van der Waals surface area contributed by atoms with Crippen LogP contribution in [0.1, 0.15) is 43.6 Å². The first kappa shape index (κ1) is 16.7. The predicted octanol–water partition coefficient (Wildman–Crippen LogP) is 5.79. The monoisotopic (exact) mass is 348 g/mol. The Morgan fingerprint density at radius 2 is 1.65 bits per heavy atom. The van der Waals surface area contributed by atoms with Crippen molar-refractivity contribution in [3.05, 3.63) is 77.9 Å². The van der Waals surface area contributed by atoms with Gasteiger partial charge in [0.1, 0.15) is 5.82 Å². The minimum Gasteiger partial charge on any atom is -0.334 e. The molecule has 3 aromatic rings. The smallest absolute Gasteiger partial charge is 0.250 e. The van der Waals surface area contributed by atoms with Gasteiger partial charge in [-0.05, 0) is 30.5 Å². The van der Waals surface area contributed by atoms with Crippen molar-refractivity contribution in [3.8, 4) is 11.4 Å². The van der Waals surface area contributed by atoms with Crippen LogP contribution < -0.4 is 0 Å². The number of benzene rings is 2. The standard InChI is InChI=1S/C22H21FN2O/c23-19-11-9-18(10-12-19)22(14-5-2-6-15-22)16-13-20-24-21(25-26-20)17-7-3-1-4-8-17/h1,3-4,7-13,16H,2,5-6,14-15H2/b16-13+. The van der Waals surface area contributed by atoms with Crippen LogP contribution in [0.2, 0.25) is 0 Å². The van der Waals surface area contributed by atoms with E-state index in [1.54, 1.807) is 12.1 Å². The summed E-state index contributed by atoms with van der Waals surface area (Å²) in [6, 6.07) is 16.7. The Kier molecular flexibility index (Phi) is 4.65. The molecule has 1 aliphatic carbocycles. The third-order valence-electron chi connectivity index (χ3n) is 5.18. The van der Waals surface area contributed by atoms with Gasteiger partial charge in [-0.1, -0.05) is 73.0 Å². The Balaban J connectivity index is 1.62. The molecule has 26 heavy (non-hydrogen) atoms. The number of hydrogen-bond donors (Lipinski definition) is 0. The summed E-state index contributed by atoms with van der Waals surface area (Å²) in [5, 5.41) is 4.07. The molecule has 1 saturated carbocycles. The topological polar surface area (TPSA) is 38.9 Å². The first-order valence-electron chi connectivity index (χ1n) is 9.10. The third kappa shape index (κ3) is 3.45. The fourth-order valence-electron chi connectivity index (χ4n) is 3.75. The van der Waals surface area contributed by atoms with Crippen molar-refractivity contribution >= 4 is 6.08 Å². The normalized spacial score (nSPS) is 16.8. The zero-order valence-electron chi connectivity index (χ0n) is 14.6. The van der Waals surface area contributed by atoms with Crippen LogP contribution in [0.4, 0.5) is 4.39 Å². The van der Waals surface area contributed by atoms with E-state index >= 15 is 0 Å². The van der Waals surface area contributed by atoms with Gasteiger partial charge in [-0.25, -0.2) is 4.39 Å². The molecule has 3 nitrogen and oxygen atoms in total. The third-order valence-corrected chi connectivity index (χ3v) is 5.18. The number of halogens is 1. The Labute approximate surface area is 152 Å². The van der Waals surface area contributed by atoms with Crippen molar-refractivity contribution in [2.75, 3.05) is 0 Å². The molecular weight excluding hydrogens is 327 g/mol. The molecule has 0 radical (unpaired) electrons. The molecule has 1 fully saturated rings. The van der Waals surface area contributed by atoms with Crippen LogP contribution in [0.25, 0.3) is 17.5 Å². The van der Waals surface area contributed by atoms with Gasteiger partial charge in [-0.2, -0.15) is 4.98 Å². The zero-order chi connectivity index (χ0) is 17.8. The average molecular weight is 348 g/mol. The second-order valence-corrected chi connectivity index (χ2v) is 6.88. The molecule has 4 rings (SSSR count). The van der Waals surface area contributed by atoms with Gasteiger partial charge in [-0.3, -0.25) is 0 Å². The summed E-state index contributed by atoms with van der Waals surface area (Å²) in [6.07, 6.45) is 9.76. The van der Waals surface area contributed by atoms with Gasteiger partial charge in [0.2, 0.25) is 5.82 Å². The van der Waals surface area contributed by atoms with Gasteiger partial charge in [0.25, 0.3) is 5.89 Å². The molecule has 2 aromatic carbocycles. The van der Waals surface area contributed by atoms with Gasteiger partial charge in [0, 0.05) is 17.1 Å². The first-order valence-corrected chi connectivity index (χ1v) is 9.10. The van der Waals surface area contributed by atoms with Gasteiger partial charge >= 0.3 is 0 Å². The van der Waals surface area contributed by atoms with E-state index in [4.69, 9.17) is 4.52 Å². The molecule has 1 aromatic heterocycles. The molecule has 4 heteroatoms. The second-order valence-electron chi connectivity index (χ2n) is 6.88. The van der Waals surface area contributed by atoms with E-state index < -0.39 is 0 Å². The number of nitrogens with zero attached hydrogens (tertiary/aromatic N) is 2. The van der Waals surface area contributed by atoms with E-state index in [-0.39, 0.29) is 11.2 Å². The lowest BCUT2D eigenvalue weighted by molar-refractivity contribution is 0.357. The maximum absolute atomic E-state index is 13.3. The van der Waals surface area contributed by atoms with Crippen LogP contribution in [-0.4, -0.2) is 10.1 Å². The molecule has 0 amide bonds. The van der Waals surface area contributed by atoms with Crippen LogP contribution in [0.3, 0.4) is 0 Å². The van der Waals surface area contributed by atoms with Crippen LogP contribution in [0.15, 0.2) is 65.2 Å². The SMILES string of the molecule is Fc1ccc(C2(/C=C/c3nc(-c4ccccc4)no3)CCCCC2)cc1. The molecule has 0 bridgehead atoms. The quantitative estimate of drug-likeness (QED) is 0.599. The highest BCUT2D eigenvalue weighted by molar-refractivity contribution is 5.55. The average Bonchev–Trinajstić information content (AvgIpc) is 3.18. The van der Waals surface area contributed by atoms with E-state index in [0.717, 1.165) is 24.0 Å². The Bertz CT molecular complexity index is 878. The summed E-state index contributed by atoms with van der Waals surface area (Å²) in [5.74, 6) is 0.883. The first-order chi connectivity index (χ1) is 12.8.